The molecule has 90 valence electrons. The lowest BCUT2D eigenvalue weighted by molar-refractivity contribution is 0.448. The van der Waals surface area contributed by atoms with Gasteiger partial charge < -0.3 is 0 Å². The molecule has 0 saturated heterocycles. The minimum atomic E-state index is -0.0593. The first-order valence-electron chi connectivity index (χ1n) is 5.78. The molecule has 2 unspecified atom stereocenters. The first kappa shape index (κ1) is 13.3. The molecule has 1 heterocycles. The molecule has 0 aliphatic rings. The van der Waals surface area contributed by atoms with E-state index in [9.17, 15) is 0 Å². The second-order valence-electron chi connectivity index (χ2n) is 4.71. The molecule has 0 bridgehead atoms. The van der Waals surface area contributed by atoms with E-state index in [0.717, 1.165) is 18.5 Å². The van der Waals surface area contributed by atoms with E-state index in [1.54, 1.807) is 0 Å². The maximum Gasteiger partial charge on any atom is 0.0633 e. The van der Waals surface area contributed by atoms with Gasteiger partial charge in [0.25, 0.3) is 0 Å². The Kier molecular flexibility index (Phi) is 4.60. The van der Waals surface area contributed by atoms with Crippen LogP contribution in [0.2, 0.25) is 0 Å². The lowest BCUT2D eigenvalue weighted by atomic mass is 9.88. The maximum atomic E-state index is 5.95. The molecule has 0 N–H and O–H groups in total. The highest BCUT2D eigenvalue weighted by atomic mass is 35.5. The molecule has 0 aliphatic carbocycles. The summed E-state index contributed by atoms with van der Waals surface area (Å²) in [7, 11) is 0. The molecule has 1 aromatic rings. The number of nitrogens with zero attached hydrogens (tertiary/aromatic N) is 2. The van der Waals surface area contributed by atoms with Crippen LogP contribution in [0, 0.1) is 5.41 Å². The third kappa shape index (κ3) is 3.11. The quantitative estimate of drug-likeness (QED) is 0.546. The fourth-order valence-electron chi connectivity index (χ4n) is 1.49. The first-order chi connectivity index (χ1) is 7.54. The first-order valence-corrected chi connectivity index (χ1v) is 6.31. The highest BCUT2D eigenvalue weighted by Crippen LogP contribution is 2.25. The van der Waals surface area contributed by atoms with E-state index in [4.69, 9.17) is 11.6 Å². The summed E-state index contributed by atoms with van der Waals surface area (Å²) < 4.78 is 2.02. The molecule has 3 heteroatoms. The van der Waals surface area contributed by atoms with Gasteiger partial charge in [-0.2, -0.15) is 5.10 Å². The van der Waals surface area contributed by atoms with E-state index in [0.29, 0.717) is 11.9 Å². The molecule has 2 nitrogen and oxygen atoms in total. The van der Waals surface area contributed by atoms with Crippen LogP contribution in [0.5, 0.6) is 0 Å². The van der Waals surface area contributed by atoms with Gasteiger partial charge in [0.1, 0.15) is 0 Å². The lowest BCUT2D eigenvalue weighted by Gasteiger charge is -2.21. The zero-order valence-electron chi connectivity index (χ0n) is 10.4. The predicted molar refractivity (Wildman–Crippen MR) is 70.0 cm³/mol. The van der Waals surface area contributed by atoms with E-state index < -0.39 is 0 Å². The van der Waals surface area contributed by atoms with E-state index in [-0.39, 0.29) is 5.41 Å². The van der Waals surface area contributed by atoms with E-state index in [2.05, 4.69) is 38.5 Å². The molecule has 1 rings (SSSR count). The molecule has 0 saturated carbocycles. The van der Waals surface area contributed by atoms with Gasteiger partial charge in [0.2, 0.25) is 0 Å². The topological polar surface area (TPSA) is 17.8 Å². The normalized spacial score (nSPS) is 16.8. The van der Waals surface area contributed by atoms with Crippen LogP contribution in [0.3, 0.4) is 0 Å². The average molecular weight is 241 g/mol. The summed E-state index contributed by atoms with van der Waals surface area (Å²) in [6.07, 6.45) is 5.91. The van der Waals surface area contributed by atoms with Crippen LogP contribution in [0.1, 0.15) is 38.9 Å². The third-order valence-electron chi connectivity index (χ3n) is 3.09. The number of aromatic nitrogens is 2. The SMILES string of the molecule is C=CC(C)(CCl)Cc1ccn(C(C)CC)n1. The van der Waals surface area contributed by atoms with Crippen molar-refractivity contribution in [2.45, 2.75) is 39.7 Å². The minimum Gasteiger partial charge on any atom is -0.270 e. The Morgan fingerprint density at radius 1 is 1.69 bits per heavy atom. The number of hydrogen-bond donors (Lipinski definition) is 0. The molecule has 2 atom stereocenters. The number of hydrogen-bond acceptors (Lipinski definition) is 1. The summed E-state index contributed by atoms with van der Waals surface area (Å²) in [5, 5.41) is 4.57. The Morgan fingerprint density at radius 2 is 2.38 bits per heavy atom. The van der Waals surface area contributed by atoms with Crippen LogP contribution >= 0.6 is 11.6 Å². The van der Waals surface area contributed by atoms with Crippen molar-refractivity contribution in [2.24, 2.45) is 5.41 Å². The van der Waals surface area contributed by atoms with Gasteiger partial charge in [-0.25, -0.2) is 0 Å². The molecule has 0 amide bonds. The summed E-state index contributed by atoms with van der Waals surface area (Å²) in [6.45, 7) is 10.3. The summed E-state index contributed by atoms with van der Waals surface area (Å²) in [4.78, 5) is 0. The van der Waals surface area contributed by atoms with Gasteiger partial charge in [0.15, 0.2) is 0 Å². The maximum absolute atomic E-state index is 5.95. The van der Waals surface area contributed by atoms with Crippen molar-refractivity contribution >= 4 is 11.6 Å². The van der Waals surface area contributed by atoms with Gasteiger partial charge in [-0.05, 0) is 19.4 Å². The Morgan fingerprint density at radius 3 is 2.88 bits per heavy atom. The molecule has 0 fully saturated rings. The number of halogens is 1. The highest BCUT2D eigenvalue weighted by Gasteiger charge is 2.21. The van der Waals surface area contributed by atoms with Gasteiger partial charge in [-0.3, -0.25) is 4.68 Å². The molecule has 1 aromatic heterocycles. The smallest absolute Gasteiger partial charge is 0.0633 e. The van der Waals surface area contributed by atoms with Crippen LogP contribution in [-0.2, 0) is 6.42 Å². The van der Waals surface area contributed by atoms with Crippen molar-refractivity contribution in [2.75, 3.05) is 5.88 Å². The largest absolute Gasteiger partial charge is 0.270 e. The van der Waals surface area contributed by atoms with Crippen LogP contribution < -0.4 is 0 Å². The molecular formula is C13H21ClN2. The van der Waals surface area contributed by atoms with E-state index >= 15 is 0 Å². The number of rotatable bonds is 6. The molecule has 0 aromatic carbocycles. The fourth-order valence-corrected chi connectivity index (χ4v) is 1.70. The number of allylic oxidation sites excluding steroid dienone is 1. The second kappa shape index (κ2) is 5.53. The zero-order chi connectivity index (χ0) is 12.2. The summed E-state index contributed by atoms with van der Waals surface area (Å²) in [6, 6.07) is 2.53. The second-order valence-corrected chi connectivity index (χ2v) is 4.98. The molecule has 0 radical (unpaired) electrons. The minimum absolute atomic E-state index is 0.0593. The van der Waals surface area contributed by atoms with Crippen LogP contribution in [0.15, 0.2) is 24.9 Å². The van der Waals surface area contributed by atoms with E-state index in [1.807, 2.05) is 17.0 Å². The monoisotopic (exact) mass is 240 g/mol. The average Bonchev–Trinajstić information content (AvgIpc) is 2.76. The predicted octanol–water partition coefficient (Wildman–Crippen LogP) is 3.83. The fraction of sp³-hybridized carbons (Fsp3) is 0.615. The van der Waals surface area contributed by atoms with Gasteiger partial charge in [0.05, 0.1) is 5.69 Å². The van der Waals surface area contributed by atoms with Crippen LogP contribution in [0.4, 0.5) is 0 Å². The summed E-state index contributed by atoms with van der Waals surface area (Å²) in [5.41, 5.74) is 1.03. The third-order valence-corrected chi connectivity index (χ3v) is 3.70. The summed E-state index contributed by atoms with van der Waals surface area (Å²) >= 11 is 5.95. The van der Waals surface area contributed by atoms with Crippen molar-refractivity contribution in [3.63, 3.8) is 0 Å². The van der Waals surface area contributed by atoms with Gasteiger partial charge in [0, 0.05) is 30.0 Å². The van der Waals surface area contributed by atoms with E-state index in [1.165, 1.54) is 0 Å². The van der Waals surface area contributed by atoms with Crippen LogP contribution in [-0.4, -0.2) is 15.7 Å². The van der Waals surface area contributed by atoms with Crippen LogP contribution in [0.25, 0.3) is 0 Å². The van der Waals surface area contributed by atoms with Crippen molar-refractivity contribution in [3.8, 4) is 0 Å². The van der Waals surface area contributed by atoms with Gasteiger partial charge in [-0.1, -0.05) is 19.9 Å². The zero-order valence-corrected chi connectivity index (χ0v) is 11.2. The lowest BCUT2D eigenvalue weighted by Crippen LogP contribution is -2.19. The van der Waals surface area contributed by atoms with Crippen molar-refractivity contribution in [1.29, 1.82) is 0 Å². The Bertz CT molecular complexity index is 345. The van der Waals surface area contributed by atoms with Gasteiger partial charge >= 0.3 is 0 Å². The van der Waals surface area contributed by atoms with Crippen molar-refractivity contribution < 1.29 is 0 Å². The van der Waals surface area contributed by atoms with Crippen molar-refractivity contribution in [3.05, 3.63) is 30.6 Å². The highest BCUT2D eigenvalue weighted by molar-refractivity contribution is 6.18. The summed E-state index contributed by atoms with van der Waals surface area (Å²) in [5.74, 6) is 0.576. The molecular weight excluding hydrogens is 220 g/mol. The standard InChI is InChI=1S/C13H21ClN2/c1-5-11(3)16-8-7-12(15-16)9-13(4,6-2)10-14/h6-8,11H,2,5,9-10H2,1,3-4H3. The number of alkyl halides is 1. The molecule has 0 spiro atoms. The Labute approximate surface area is 103 Å². The molecule has 16 heavy (non-hydrogen) atoms. The van der Waals surface area contributed by atoms with Crippen molar-refractivity contribution in [1.82, 2.24) is 9.78 Å². The van der Waals surface area contributed by atoms with Gasteiger partial charge in [-0.15, -0.1) is 18.2 Å². The Hall–Kier alpha value is -0.760. The Balaban J connectivity index is 2.75. The molecule has 0 aliphatic heterocycles.